The third-order valence-corrected chi connectivity index (χ3v) is 7.23. The third-order valence-electron chi connectivity index (χ3n) is 6.03. The SMILES string of the molecule is COc1cc2nc(C[NH+]3CCC(c4nc5ccccc5s4)CC3)[nH]c(=O)c2cc1OC. The van der Waals surface area contributed by atoms with Crippen molar-refractivity contribution in [3.05, 3.63) is 57.6 Å². The molecule has 2 aromatic carbocycles. The molecule has 0 saturated carbocycles. The fraction of sp³-hybridized carbons (Fsp3) is 0.348. The van der Waals surface area contributed by atoms with Gasteiger partial charge in [0.05, 0.1) is 53.4 Å². The van der Waals surface area contributed by atoms with E-state index in [1.165, 1.54) is 14.6 Å². The molecule has 31 heavy (non-hydrogen) atoms. The molecule has 1 saturated heterocycles. The molecule has 0 atom stereocenters. The zero-order valence-electron chi connectivity index (χ0n) is 17.6. The molecule has 0 aliphatic carbocycles. The van der Waals surface area contributed by atoms with Gasteiger partial charge in [0, 0.05) is 24.8 Å². The van der Waals surface area contributed by atoms with Crippen LogP contribution in [0.4, 0.5) is 0 Å². The number of thiazole rings is 1. The van der Waals surface area contributed by atoms with Gasteiger partial charge in [-0.05, 0) is 18.2 Å². The molecule has 7 nitrogen and oxygen atoms in total. The van der Waals surface area contributed by atoms with E-state index in [1.54, 1.807) is 26.4 Å². The van der Waals surface area contributed by atoms with Crippen molar-refractivity contribution in [1.29, 1.82) is 0 Å². The summed E-state index contributed by atoms with van der Waals surface area (Å²) < 4.78 is 11.9. The molecule has 0 unspecified atom stereocenters. The highest BCUT2D eigenvalue weighted by molar-refractivity contribution is 7.18. The van der Waals surface area contributed by atoms with Crippen LogP contribution in [0.2, 0.25) is 0 Å². The van der Waals surface area contributed by atoms with Gasteiger partial charge < -0.3 is 19.4 Å². The zero-order valence-corrected chi connectivity index (χ0v) is 18.4. The molecule has 1 aliphatic heterocycles. The lowest BCUT2D eigenvalue weighted by atomic mass is 9.97. The Hall–Kier alpha value is -2.97. The molecule has 8 heteroatoms. The van der Waals surface area contributed by atoms with Crippen LogP contribution >= 0.6 is 11.3 Å². The monoisotopic (exact) mass is 437 g/mol. The standard InChI is InChI=1S/C23H24N4O3S/c1-29-18-11-15-17(12-19(18)30-2)24-21(26-22(15)28)13-27-9-7-14(8-10-27)23-25-16-5-3-4-6-20(16)31-23/h3-6,11-12,14H,7-10,13H2,1-2H3,(H,24,26,28)/p+1. The summed E-state index contributed by atoms with van der Waals surface area (Å²) >= 11 is 1.82. The number of aromatic nitrogens is 3. The molecule has 2 N–H and O–H groups in total. The summed E-state index contributed by atoms with van der Waals surface area (Å²) in [6.45, 7) is 2.77. The number of para-hydroxylation sites is 1. The van der Waals surface area contributed by atoms with Crippen LogP contribution in [0.1, 0.15) is 29.6 Å². The Morgan fingerprint density at radius 2 is 1.81 bits per heavy atom. The first kappa shape index (κ1) is 20.0. The number of rotatable bonds is 5. The lowest BCUT2D eigenvalue weighted by Crippen LogP contribution is -3.11. The predicted octanol–water partition coefficient (Wildman–Crippen LogP) is 2.51. The van der Waals surface area contributed by atoms with E-state index in [0.29, 0.717) is 40.7 Å². The average Bonchev–Trinajstić information content (AvgIpc) is 3.23. The molecule has 0 amide bonds. The van der Waals surface area contributed by atoms with E-state index in [2.05, 4.69) is 23.2 Å². The van der Waals surface area contributed by atoms with E-state index in [4.69, 9.17) is 19.4 Å². The summed E-state index contributed by atoms with van der Waals surface area (Å²) in [5.74, 6) is 2.32. The fourth-order valence-electron chi connectivity index (χ4n) is 4.35. The van der Waals surface area contributed by atoms with E-state index in [1.807, 2.05) is 17.4 Å². The summed E-state index contributed by atoms with van der Waals surface area (Å²) in [5, 5.41) is 1.75. The highest BCUT2D eigenvalue weighted by Crippen LogP contribution is 2.32. The fourth-order valence-corrected chi connectivity index (χ4v) is 5.49. The van der Waals surface area contributed by atoms with Crippen LogP contribution in [-0.4, -0.2) is 42.3 Å². The Morgan fingerprint density at radius 1 is 1.06 bits per heavy atom. The minimum Gasteiger partial charge on any atom is -0.493 e. The van der Waals surface area contributed by atoms with Gasteiger partial charge in [-0.1, -0.05) is 12.1 Å². The van der Waals surface area contributed by atoms with Crippen LogP contribution in [0, 0.1) is 0 Å². The second-order valence-corrected chi connectivity index (χ2v) is 9.02. The van der Waals surface area contributed by atoms with Crippen molar-refractivity contribution in [3.63, 3.8) is 0 Å². The van der Waals surface area contributed by atoms with Crippen LogP contribution in [0.3, 0.4) is 0 Å². The number of H-pyrrole nitrogens is 1. The topological polar surface area (TPSA) is 81.5 Å². The lowest BCUT2D eigenvalue weighted by Gasteiger charge is -2.27. The Morgan fingerprint density at radius 3 is 2.55 bits per heavy atom. The molecule has 5 rings (SSSR count). The van der Waals surface area contributed by atoms with Crippen LogP contribution < -0.4 is 19.9 Å². The Balaban J connectivity index is 1.31. The van der Waals surface area contributed by atoms with Crippen molar-refractivity contribution >= 4 is 32.5 Å². The molecular formula is C23H25N4O3S+. The van der Waals surface area contributed by atoms with Gasteiger partial charge in [0.15, 0.2) is 17.3 Å². The minimum atomic E-state index is -0.148. The number of ether oxygens (including phenoxy) is 2. The van der Waals surface area contributed by atoms with Gasteiger partial charge in [0.1, 0.15) is 6.54 Å². The Bertz CT molecular complexity index is 1260. The quantitative estimate of drug-likeness (QED) is 0.501. The first-order valence-electron chi connectivity index (χ1n) is 10.5. The van der Waals surface area contributed by atoms with E-state index in [9.17, 15) is 4.79 Å². The van der Waals surface area contributed by atoms with Gasteiger partial charge in [-0.2, -0.15) is 0 Å². The highest BCUT2D eigenvalue weighted by atomic mass is 32.1. The number of hydrogen-bond donors (Lipinski definition) is 2. The summed E-state index contributed by atoms with van der Waals surface area (Å²) in [5.41, 5.74) is 1.58. The van der Waals surface area contributed by atoms with Crippen molar-refractivity contribution < 1.29 is 14.4 Å². The minimum absolute atomic E-state index is 0.148. The molecule has 1 fully saturated rings. The average molecular weight is 438 g/mol. The van der Waals surface area contributed by atoms with Crippen LogP contribution in [0.15, 0.2) is 41.2 Å². The second kappa shape index (κ2) is 8.28. The molecule has 0 radical (unpaired) electrons. The van der Waals surface area contributed by atoms with Crippen molar-refractivity contribution in [2.75, 3.05) is 27.3 Å². The molecule has 160 valence electrons. The maximum absolute atomic E-state index is 12.6. The van der Waals surface area contributed by atoms with E-state index >= 15 is 0 Å². The molecular weight excluding hydrogens is 412 g/mol. The number of nitrogens with zero attached hydrogens (tertiary/aromatic N) is 2. The lowest BCUT2D eigenvalue weighted by molar-refractivity contribution is -0.919. The van der Waals surface area contributed by atoms with Gasteiger partial charge in [0.25, 0.3) is 5.56 Å². The van der Waals surface area contributed by atoms with E-state index in [0.717, 1.165) is 31.4 Å². The molecule has 2 aromatic heterocycles. The molecule has 3 heterocycles. The number of piperidine rings is 1. The van der Waals surface area contributed by atoms with Crippen LogP contribution in [0.5, 0.6) is 11.5 Å². The number of hydrogen-bond acceptors (Lipinski definition) is 6. The smallest absolute Gasteiger partial charge is 0.259 e. The van der Waals surface area contributed by atoms with Crippen LogP contribution in [-0.2, 0) is 6.54 Å². The normalized spacial score (nSPS) is 19.0. The first-order valence-corrected chi connectivity index (χ1v) is 11.3. The third kappa shape index (κ3) is 3.88. The van der Waals surface area contributed by atoms with E-state index < -0.39 is 0 Å². The molecule has 4 aromatic rings. The van der Waals surface area contributed by atoms with Crippen molar-refractivity contribution in [2.24, 2.45) is 0 Å². The number of methoxy groups -OCH3 is 2. The van der Waals surface area contributed by atoms with Crippen molar-refractivity contribution in [1.82, 2.24) is 15.0 Å². The largest absolute Gasteiger partial charge is 0.493 e. The summed E-state index contributed by atoms with van der Waals surface area (Å²) in [6, 6.07) is 11.8. The Kier molecular flexibility index (Phi) is 5.33. The van der Waals surface area contributed by atoms with Crippen molar-refractivity contribution in [3.8, 4) is 11.5 Å². The van der Waals surface area contributed by atoms with Crippen molar-refractivity contribution in [2.45, 2.75) is 25.3 Å². The van der Waals surface area contributed by atoms with Gasteiger partial charge >= 0.3 is 0 Å². The summed E-state index contributed by atoms with van der Waals surface area (Å²) in [7, 11) is 3.14. The van der Waals surface area contributed by atoms with Gasteiger partial charge in [0.2, 0.25) is 0 Å². The number of benzene rings is 2. The number of aromatic amines is 1. The number of fused-ring (bicyclic) bond motifs is 2. The molecule has 0 bridgehead atoms. The zero-order chi connectivity index (χ0) is 21.4. The van der Waals surface area contributed by atoms with Gasteiger partial charge in [-0.25, -0.2) is 9.97 Å². The number of likely N-dealkylation sites (tertiary alicyclic amines) is 1. The molecule has 0 spiro atoms. The van der Waals surface area contributed by atoms with Crippen LogP contribution in [0.25, 0.3) is 21.1 Å². The maximum atomic E-state index is 12.6. The second-order valence-electron chi connectivity index (χ2n) is 7.96. The maximum Gasteiger partial charge on any atom is 0.259 e. The van der Waals surface area contributed by atoms with Gasteiger partial charge in [-0.15, -0.1) is 11.3 Å². The first-order chi connectivity index (χ1) is 15.1. The number of nitrogens with one attached hydrogen (secondary N) is 2. The summed E-state index contributed by atoms with van der Waals surface area (Å²) in [6.07, 6.45) is 2.19. The summed E-state index contributed by atoms with van der Waals surface area (Å²) in [4.78, 5) is 26.6. The molecule has 1 aliphatic rings. The predicted molar refractivity (Wildman–Crippen MR) is 121 cm³/mol. The number of quaternary nitrogens is 1. The van der Waals surface area contributed by atoms with Gasteiger partial charge in [-0.3, -0.25) is 4.79 Å². The Labute approximate surface area is 183 Å². The van der Waals surface area contributed by atoms with E-state index in [-0.39, 0.29) is 5.56 Å². The highest BCUT2D eigenvalue weighted by Gasteiger charge is 2.26.